The number of hydrogen-bond donors (Lipinski definition) is 1. The van der Waals surface area contributed by atoms with Gasteiger partial charge in [-0.05, 0) is 38.6 Å². The number of aliphatic hydroxyl groups excluding tert-OH is 1. The van der Waals surface area contributed by atoms with Crippen LogP contribution in [0.3, 0.4) is 0 Å². The molecule has 2 aliphatic rings. The summed E-state index contributed by atoms with van der Waals surface area (Å²) in [5, 5.41) is 9.17. The molecule has 0 radical (unpaired) electrons. The first-order valence-electron chi connectivity index (χ1n) is 6.58. The van der Waals surface area contributed by atoms with Crippen molar-refractivity contribution in [2.24, 2.45) is 0 Å². The third kappa shape index (κ3) is 3.01. The summed E-state index contributed by atoms with van der Waals surface area (Å²) in [5.74, 6) is 0. The molecule has 3 atom stereocenters. The van der Waals surface area contributed by atoms with Crippen LogP contribution in [0.4, 0.5) is 0 Å². The number of nitrogens with zero attached hydrogens (tertiary/aromatic N) is 1. The summed E-state index contributed by atoms with van der Waals surface area (Å²) >= 11 is 0. The Morgan fingerprint density at radius 3 is 2.65 bits per heavy atom. The monoisotopic (exact) mass is 261 g/mol. The van der Waals surface area contributed by atoms with Gasteiger partial charge in [-0.2, -0.15) is 0 Å². The van der Waals surface area contributed by atoms with Crippen molar-refractivity contribution in [3.8, 4) is 0 Å². The Hall–Kier alpha value is -0.130. The Morgan fingerprint density at radius 2 is 2.00 bits per heavy atom. The highest BCUT2D eigenvalue weighted by Gasteiger charge is 2.36. The van der Waals surface area contributed by atoms with Gasteiger partial charge in [0.1, 0.15) is 9.84 Å². The minimum atomic E-state index is -2.90. The molecule has 1 saturated carbocycles. The van der Waals surface area contributed by atoms with Crippen LogP contribution in [0.15, 0.2) is 0 Å². The lowest BCUT2D eigenvalue weighted by atomic mass is 9.93. The number of sulfone groups is 1. The van der Waals surface area contributed by atoms with E-state index in [0.717, 1.165) is 45.1 Å². The maximum absolute atomic E-state index is 11.6. The number of hydrogen-bond acceptors (Lipinski definition) is 4. The first-order chi connectivity index (χ1) is 8.02. The highest BCUT2D eigenvalue weighted by Crippen LogP contribution is 2.31. The van der Waals surface area contributed by atoms with Gasteiger partial charge in [0.25, 0.3) is 0 Å². The molecule has 1 aliphatic carbocycles. The quantitative estimate of drug-likeness (QED) is 0.816. The van der Waals surface area contributed by atoms with E-state index >= 15 is 0 Å². The largest absolute Gasteiger partial charge is 0.395 e. The molecule has 0 spiro atoms. The van der Waals surface area contributed by atoms with Crippen molar-refractivity contribution in [2.75, 3.05) is 19.4 Å². The number of aliphatic hydroxyl groups is 1. The van der Waals surface area contributed by atoms with E-state index in [1.165, 1.54) is 6.26 Å². The van der Waals surface area contributed by atoms with E-state index in [0.29, 0.717) is 6.04 Å². The van der Waals surface area contributed by atoms with Crippen LogP contribution in [-0.2, 0) is 9.84 Å². The SMILES string of the molecule is CS(=O)(=O)C1CCCC(N2CCC[C@@H]2CO)C1. The molecule has 100 valence electrons. The second-order valence-electron chi connectivity index (χ2n) is 5.49. The van der Waals surface area contributed by atoms with Gasteiger partial charge in [-0.1, -0.05) is 6.42 Å². The van der Waals surface area contributed by atoms with Gasteiger partial charge in [-0.15, -0.1) is 0 Å². The lowest BCUT2D eigenvalue weighted by Crippen LogP contribution is -2.45. The van der Waals surface area contributed by atoms with Crippen LogP contribution in [-0.4, -0.2) is 55.2 Å². The molecule has 2 rings (SSSR count). The zero-order valence-electron chi connectivity index (χ0n) is 10.5. The van der Waals surface area contributed by atoms with Gasteiger partial charge in [-0.25, -0.2) is 8.42 Å². The molecule has 1 heterocycles. The third-order valence-corrected chi connectivity index (χ3v) is 5.95. The minimum Gasteiger partial charge on any atom is -0.395 e. The van der Waals surface area contributed by atoms with Gasteiger partial charge < -0.3 is 5.11 Å². The normalized spacial score (nSPS) is 36.2. The standard InChI is InChI=1S/C12H23NO3S/c1-17(15,16)12-6-2-4-10(8-12)13-7-3-5-11(13)9-14/h10-12,14H,2-9H2,1H3/t10?,11-,12?/m1/s1. The molecule has 5 heteroatoms. The summed E-state index contributed by atoms with van der Waals surface area (Å²) in [7, 11) is -2.90. The maximum Gasteiger partial charge on any atom is 0.150 e. The Morgan fingerprint density at radius 1 is 1.24 bits per heavy atom. The van der Waals surface area contributed by atoms with Gasteiger partial charge in [0.05, 0.1) is 11.9 Å². The fraction of sp³-hybridized carbons (Fsp3) is 1.00. The van der Waals surface area contributed by atoms with Gasteiger partial charge >= 0.3 is 0 Å². The second-order valence-corrected chi connectivity index (χ2v) is 7.81. The smallest absolute Gasteiger partial charge is 0.150 e. The van der Waals surface area contributed by atoms with Crippen LogP contribution < -0.4 is 0 Å². The van der Waals surface area contributed by atoms with Crippen LogP contribution in [0.25, 0.3) is 0 Å². The lowest BCUT2D eigenvalue weighted by molar-refractivity contribution is 0.0988. The lowest BCUT2D eigenvalue weighted by Gasteiger charge is -2.37. The van der Waals surface area contributed by atoms with E-state index < -0.39 is 9.84 Å². The molecule has 1 aliphatic heterocycles. The van der Waals surface area contributed by atoms with Crippen molar-refractivity contribution in [1.29, 1.82) is 0 Å². The molecule has 0 aromatic carbocycles. The average molecular weight is 261 g/mol. The van der Waals surface area contributed by atoms with Crippen molar-refractivity contribution in [3.05, 3.63) is 0 Å². The molecule has 1 saturated heterocycles. The van der Waals surface area contributed by atoms with E-state index in [1.807, 2.05) is 0 Å². The second kappa shape index (κ2) is 5.24. The molecular weight excluding hydrogens is 238 g/mol. The van der Waals surface area contributed by atoms with Gasteiger partial charge in [0, 0.05) is 18.3 Å². The van der Waals surface area contributed by atoms with Crippen LogP contribution >= 0.6 is 0 Å². The number of rotatable bonds is 3. The predicted molar refractivity (Wildman–Crippen MR) is 67.7 cm³/mol. The van der Waals surface area contributed by atoms with E-state index in [9.17, 15) is 13.5 Å². The molecule has 17 heavy (non-hydrogen) atoms. The summed E-state index contributed by atoms with van der Waals surface area (Å²) in [5.41, 5.74) is 0. The molecule has 1 N–H and O–H groups in total. The highest BCUT2D eigenvalue weighted by molar-refractivity contribution is 7.91. The van der Waals surface area contributed by atoms with E-state index in [4.69, 9.17) is 0 Å². The molecule has 0 amide bonds. The fourth-order valence-corrected chi connectivity index (χ4v) is 4.51. The average Bonchev–Trinajstić information content (AvgIpc) is 2.76. The van der Waals surface area contributed by atoms with Crippen LogP contribution in [0.2, 0.25) is 0 Å². The van der Waals surface area contributed by atoms with Crippen molar-refractivity contribution < 1.29 is 13.5 Å². The van der Waals surface area contributed by atoms with Crippen LogP contribution in [0, 0.1) is 0 Å². The Balaban J connectivity index is 2.02. The molecule has 0 aromatic rings. The number of likely N-dealkylation sites (tertiary alicyclic amines) is 1. The molecule has 2 unspecified atom stereocenters. The molecule has 2 fully saturated rings. The van der Waals surface area contributed by atoms with Crippen molar-refractivity contribution in [2.45, 2.75) is 55.9 Å². The highest BCUT2D eigenvalue weighted by atomic mass is 32.2. The van der Waals surface area contributed by atoms with E-state index in [2.05, 4.69) is 4.90 Å². The first kappa shape index (κ1) is 13.3. The predicted octanol–water partition coefficient (Wildman–Crippen LogP) is 0.799. The van der Waals surface area contributed by atoms with Crippen molar-refractivity contribution in [3.63, 3.8) is 0 Å². The zero-order valence-corrected chi connectivity index (χ0v) is 11.3. The minimum absolute atomic E-state index is 0.166. The Labute approximate surface area is 104 Å². The van der Waals surface area contributed by atoms with E-state index in [1.54, 1.807) is 0 Å². The van der Waals surface area contributed by atoms with E-state index in [-0.39, 0.29) is 17.9 Å². The van der Waals surface area contributed by atoms with Gasteiger partial charge in [0.2, 0.25) is 0 Å². The summed E-state index contributed by atoms with van der Waals surface area (Å²) in [6.45, 7) is 1.23. The summed E-state index contributed by atoms with van der Waals surface area (Å²) in [4.78, 5) is 2.34. The molecule has 4 nitrogen and oxygen atoms in total. The molecule has 0 bridgehead atoms. The summed E-state index contributed by atoms with van der Waals surface area (Å²) in [6, 6.07) is 0.626. The summed E-state index contributed by atoms with van der Waals surface area (Å²) in [6.07, 6.45) is 7.19. The first-order valence-corrected chi connectivity index (χ1v) is 8.53. The van der Waals surface area contributed by atoms with Crippen LogP contribution in [0.5, 0.6) is 0 Å². The van der Waals surface area contributed by atoms with Gasteiger partial charge in [0.15, 0.2) is 0 Å². The molecule has 0 aromatic heterocycles. The Bertz CT molecular complexity index is 355. The van der Waals surface area contributed by atoms with Crippen molar-refractivity contribution >= 4 is 9.84 Å². The van der Waals surface area contributed by atoms with Crippen LogP contribution in [0.1, 0.15) is 38.5 Å². The topological polar surface area (TPSA) is 57.6 Å². The zero-order chi connectivity index (χ0) is 12.5. The maximum atomic E-state index is 11.6. The van der Waals surface area contributed by atoms with Gasteiger partial charge in [-0.3, -0.25) is 4.90 Å². The molecular formula is C12H23NO3S. The summed E-state index contributed by atoms with van der Waals surface area (Å²) < 4.78 is 23.3. The van der Waals surface area contributed by atoms with Crippen molar-refractivity contribution in [1.82, 2.24) is 4.90 Å². The third-order valence-electron chi connectivity index (χ3n) is 4.31. The Kier molecular flexibility index (Phi) is 4.10. The fourth-order valence-electron chi connectivity index (χ4n) is 3.35.